The van der Waals surface area contributed by atoms with Crippen molar-refractivity contribution in [3.8, 4) is 0 Å². The normalized spacial score (nSPS) is 30.3. The Balaban J connectivity index is 2.04. The summed E-state index contributed by atoms with van der Waals surface area (Å²) in [5.41, 5.74) is 1.78. The monoisotopic (exact) mass is 216 g/mol. The van der Waals surface area contributed by atoms with E-state index in [1.165, 1.54) is 12.0 Å². The summed E-state index contributed by atoms with van der Waals surface area (Å²) in [6.07, 6.45) is 5.29. The molecule has 1 aromatic carbocycles. The molecule has 1 heteroatoms. The highest BCUT2D eigenvalue weighted by Gasteiger charge is 2.50. The molecule has 0 radical (unpaired) electrons. The van der Waals surface area contributed by atoms with E-state index in [1.54, 1.807) is 7.11 Å². The molecule has 0 spiro atoms. The second kappa shape index (κ2) is 4.32. The molecule has 1 nitrogen and oxygen atoms in total. The van der Waals surface area contributed by atoms with E-state index < -0.39 is 0 Å². The summed E-state index contributed by atoms with van der Waals surface area (Å²) in [4.78, 5) is 0. The highest BCUT2D eigenvalue weighted by Crippen LogP contribution is 2.59. The zero-order valence-electron chi connectivity index (χ0n) is 10.3. The molecule has 1 aliphatic carbocycles. The van der Waals surface area contributed by atoms with Crippen molar-refractivity contribution in [1.29, 1.82) is 0 Å². The Hall–Kier alpha value is -1.24. The number of benzene rings is 1. The van der Waals surface area contributed by atoms with Crippen LogP contribution in [-0.4, -0.2) is 7.11 Å². The molecule has 16 heavy (non-hydrogen) atoms. The van der Waals surface area contributed by atoms with Gasteiger partial charge in [-0.2, -0.15) is 0 Å². The van der Waals surface area contributed by atoms with Crippen LogP contribution in [0.3, 0.4) is 0 Å². The van der Waals surface area contributed by atoms with Crippen LogP contribution >= 0.6 is 0 Å². The minimum Gasteiger partial charge on any atom is -0.505 e. The van der Waals surface area contributed by atoms with Gasteiger partial charge in [0.25, 0.3) is 0 Å². The lowest BCUT2D eigenvalue weighted by Crippen LogP contribution is -2.02. The van der Waals surface area contributed by atoms with Crippen LogP contribution < -0.4 is 0 Å². The second-order valence-corrected chi connectivity index (χ2v) is 5.05. The van der Waals surface area contributed by atoms with Crippen LogP contribution in [0.25, 0.3) is 0 Å². The lowest BCUT2D eigenvalue weighted by atomic mass is 9.91. The molecule has 3 atom stereocenters. The van der Waals surface area contributed by atoms with Crippen molar-refractivity contribution >= 4 is 0 Å². The SMILES string of the molecule is CO/C=C\[C@@]1(C)C[C@H]1[C@@H](C)c1ccccc1. The number of methoxy groups -OCH3 is 1. The van der Waals surface area contributed by atoms with Crippen molar-refractivity contribution < 1.29 is 4.74 Å². The van der Waals surface area contributed by atoms with Crippen LogP contribution in [0.2, 0.25) is 0 Å². The molecular formula is C15H20O. The van der Waals surface area contributed by atoms with Gasteiger partial charge in [0.15, 0.2) is 0 Å². The average Bonchev–Trinajstić information content (AvgIpc) is 3.00. The van der Waals surface area contributed by atoms with Crippen LogP contribution in [0.15, 0.2) is 42.7 Å². The van der Waals surface area contributed by atoms with Gasteiger partial charge >= 0.3 is 0 Å². The summed E-state index contributed by atoms with van der Waals surface area (Å²) < 4.78 is 5.01. The van der Waals surface area contributed by atoms with Gasteiger partial charge in [-0.1, -0.05) is 44.2 Å². The van der Waals surface area contributed by atoms with Crippen LogP contribution in [0.4, 0.5) is 0 Å². The largest absolute Gasteiger partial charge is 0.505 e. The van der Waals surface area contributed by atoms with Crippen molar-refractivity contribution in [3.63, 3.8) is 0 Å². The smallest absolute Gasteiger partial charge is 0.0790 e. The van der Waals surface area contributed by atoms with Gasteiger partial charge in [0.1, 0.15) is 0 Å². The molecule has 86 valence electrons. The summed E-state index contributed by atoms with van der Waals surface area (Å²) in [5, 5.41) is 0. The first-order valence-corrected chi connectivity index (χ1v) is 5.93. The Labute approximate surface area is 98.1 Å². The molecule has 2 rings (SSSR count). The summed E-state index contributed by atoms with van der Waals surface area (Å²) in [6, 6.07) is 10.8. The number of ether oxygens (including phenoxy) is 1. The number of hydrogen-bond acceptors (Lipinski definition) is 1. The number of hydrogen-bond donors (Lipinski definition) is 0. The second-order valence-electron chi connectivity index (χ2n) is 5.05. The molecule has 1 fully saturated rings. The predicted octanol–water partition coefficient (Wildman–Crippen LogP) is 3.98. The van der Waals surface area contributed by atoms with Crippen LogP contribution in [0.1, 0.15) is 31.7 Å². The van der Waals surface area contributed by atoms with E-state index in [9.17, 15) is 0 Å². The van der Waals surface area contributed by atoms with E-state index in [0.29, 0.717) is 11.3 Å². The van der Waals surface area contributed by atoms with Gasteiger partial charge in [-0.3, -0.25) is 0 Å². The van der Waals surface area contributed by atoms with Crippen molar-refractivity contribution in [2.75, 3.05) is 7.11 Å². The molecule has 1 aliphatic rings. The summed E-state index contributed by atoms with van der Waals surface area (Å²) in [7, 11) is 1.71. The van der Waals surface area contributed by atoms with Crippen molar-refractivity contribution in [1.82, 2.24) is 0 Å². The maximum Gasteiger partial charge on any atom is 0.0790 e. The zero-order valence-corrected chi connectivity index (χ0v) is 10.3. The predicted molar refractivity (Wildman–Crippen MR) is 67.2 cm³/mol. The van der Waals surface area contributed by atoms with Crippen molar-refractivity contribution in [2.24, 2.45) is 11.3 Å². The third-order valence-electron chi connectivity index (χ3n) is 3.86. The first-order chi connectivity index (χ1) is 7.67. The van der Waals surface area contributed by atoms with E-state index >= 15 is 0 Å². The fourth-order valence-corrected chi connectivity index (χ4v) is 2.57. The summed E-state index contributed by atoms with van der Waals surface area (Å²) in [6.45, 7) is 4.64. The molecule has 1 aromatic rings. The Morgan fingerprint density at radius 1 is 1.38 bits per heavy atom. The van der Waals surface area contributed by atoms with E-state index in [2.05, 4.69) is 50.3 Å². The quantitative estimate of drug-likeness (QED) is 0.692. The van der Waals surface area contributed by atoms with E-state index in [0.717, 1.165) is 5.92 Å². The number of rotatable bonds is 4. The zero-order chi connectivity index (χ0) is 11.6. The van der Waals surface area contributed by atoms with Gasteiger partial charge in [0.2, 0.25) is 0 Å². The van der Waals surface area contributed by atoms with E-state index in [1.807, 2.05) is 6.26 Å². The molecule has 0 saturated heterocycles. The van der Waals surface area contributed by atoms with Crippen LogP contribution in [0.5, 0.6) is 0 Å². The fourth-order valence-electron chi connectivity index (χ4n) is 2.57. The van der Waals surface area contributed by atoms with E-state index in [4.69, 9.17) is 4.74 Å². The van der Waals surface area contributed by atoms with Gasteiger partial charge < -0.3 is 4.74 Å². The van der Waals surface area contributed by atoms with Crippen molar-refractivity contribution in [2.45, 2.75) is 26.2 Å². The minimum atomic E-state index is 0.339. The van der Waals surface area contributed by atoms with Gasteiger partial charge in [0, 0.05) is 0 Å². The molecular weight excluding hydrogens is 196 g/mol. The Bertz CT molecular complexity index is 368. The first-order valence-electron chi connectivity index (χ1n) is 5.93. The maximum atomic E-state index is 5.01. The third kappa shape index (κ3) is 2.13. The molecule has 0 heterocycles. The standard InChI is InChI=1S/C15H20O/c1-12(13-7-5-4-6-8-13)14-11-15(14,2)9-10-16-3/h4-10,12,14H,11H2,1-3H3/b10-9-/t12-,14-,15-/m0/s1. The molecule has 0 bridgehead atoms. The first kappa shape index (κ1) is 11.3. The van der Waals surface area contributed by atoms with Crippen LogP contribution in [-0.2, 0) is 4.74 Å². The molecule has 0 aliphatic heterocycles. The molecule has 0 aromatic heterocycles. The molecule has 0 amide bonds. The Morgan fingerprint density at radius 3 is 2.69 bits per heavy atom. The van der Waals surface area contributed by atoms with E-state index in [-0.39, 0.29) is 0 Å². The molecule has 1 saturated carbocycles. The van der Waals surface area contributed by atoms with Crippen LogP contribution in [0, 0.1) is 11.3 Å². The number of allylic oxidation sites excluding steroid dienone is 1. The maximum absolute atomic E-state index is 5.01. The third-order valence-corrected chi connectivity index (χ3v) is 3.86. The minimum absolute atomic E-state index is 0.339. The summed E-state index contributed by atoms with van der Waals surface area (Å²) in [5.74, 6) is 1.38. The highest BCUT2D eigenvalue weighted by molar-refractivity contribution is 5.25. The topological polar surface area (TPSA) is 9.23 Å². The van der Waals surface area contributed by atoms with Gasteiger partial charge in [-0.25, -0.2) is 0 Å². The Kier molecular flexibility index (Phi) is 3.04. The lowest BCUT2D eigenvalue weighted by Gasteiger charge is -2.14. The summed E-state index contributed by atoms with van der Waals surface area (Å²) >= 11 is 0. The van der Waals surface area contributed by atoms with Gasteiger partial charge in [-0.15, -0.1) is 0 Å². The fraction of sp³-hybridized carbons (Fsp3) is 0.467. The average molecular weight is 216 g/mol. The van der Waals surface area contributed by atoms with Crippen molar-refractivity contribution in [3.05, 3.63) is 48.2 Å². The Morgan fingerprint density at radius 2 is 2.06 bits per heavy atom. The van der Waals surface area contributed by atoms with Gasteiger partial charge in [-0.05, 0) is 35.3 Å². The molecule has 0 N–H and O–H groups in total. The molecule has 0 unspecified atom stereocenters. The highest BCUT2D eigenvalue weighted by atomic mass is 16.5. The lowest BCUT2D eigenvalue weighted by molar-refractivity contribution is 0.332. The van der Waals surface area contributed by atoms with Gasteiger partial charge in [0.05, 0.1) is 13.4 Å².